The van der Waals surface area contributed by atoms with Gasteiger partial charge in [-0.25, -0.2) is 0 Å². The second kappa shape index (κ2) is 8.90. The highest BCUT2D eigenvalue weighted by molar-refractivity contribution is 5.91. The number of rotatable bonds is 8. The Labute approximate surface area is 156 Å². The van der Waals surface area contributed by atoms with Crippen molar-refractivity contribution in [3.8, 4) is 5.75 Å². The molecule has 0 saturated heterocycles. The number of hydrogen-bond acceptors (Lipinski definition) is 4. The fraction of sp³-hybridized carbons (Fsp3) is 0.476. The summed E-state index contributed by atoms with van der Waals surface area (Å²) >= 11 is 0. The summed E-state index contributed by atoms with van der Waals surface area (Å²) in [6, 6.07) is 11.5. The van der Waals surface area contributed by atoms with Crippen molar-refractivity contribution in [2.75, 3.05) is 27.2 Å². The van der Waals surface area contributed by atoms with Crippen molar-refractivity contribution >= 4 is 5.91 Å². The number of carbonyl (C=O) groups is 1. The number of amides is 1. The Morgan fingerprint density at radius 1 is 1.12 bits per heavy atom. The number of nitrogens with one attached hydrogen (secondary N) is 1. The third-order valence-electron chi connectivity index (χ3n) is 4.05. The molecule has 0 spiro atoms. The van der Waals surface area contributed by atoms with E-state index in [1.54, 1.807) is 12.1 Å². The topological polar surface area (TPSA) is 54.7 Å². The maximum absolute atomic E-state index is 12.0. The van der Waals surface area contributed by atoms with Crippen LogP contribution in [0.4, 0.5) is 0 Å². The molecule has 2 rings (SSSR count). The van der Waals surface area contributed by atoms with E-state index in [1.165, 1.54) is 5.56 Å². The number of furan rings is 1. The van der Waals surface area contributed by atoms with Crippen LogP contribution in [0.15, 0.2) is 40.8 Å². The molecule has 0 unspecified atom stereocenters. The van der Waals surface area contributed by atoms with Crippen LogP contribution in [0, 0.1) is 0 Å². The molecule has 1 aromatic carbocycles. The van der Waals surface area contributed by atoms with Gasteiger partial charge in [-0.3, -0.25) is 4.79 Å². The van der Waals surface area contributed by atoms with Crippen LogP contribution in [0.2, 0.25) is 0 Å². The molecular weight excluding hydrogens is 328 g/mol. The Morgan fingerprint density at radius 2 is 1.81 bits per heavy atom. The summed E-state index contributed by atoms with van der Waals surface area (Å²) in [5, 5.41) is 2.86. The minimum absolute atomic E-state index is 0.119. The molecule has 0 radical (unpaired) electrons. The number of ether oxygens (including phenoxy) is 1. The fourth-order valence-corrected chi connectivity index (χ4v) is 2.47. The maximum atomic E-state index is 12.0. The van der Waals surface area contributed by atoms with Crippen molar-refractivity contribution < 1.29 is 13.9 Å². The van der Waals surface area contributed by atoms with Gasteiger partial charge in [-0.1, -0.05) is 32.9 Å². The lowest BCUT2D eigenvalue weighted by Crippen LogP contribution is -2.26. The SMILES string of the molecule is CN(C)CCCNC(=O)c1ccc(COc2ccc(C(C)(C)C)cc2)o1. The normalized spacial score (nSPS) is 11.6. The van der Waals surface area contributed by atoms with Gasteiger partial charge in [0.25, 0.3) is 5.91 Å². The van der Waals surface area contributed by atoms with Crippen LogP contribution in [0.3, 0.4) is 0 Å². The van der Waals surface area contributed by atoms with Crippen LogP contribution in [0.1, 0.15) is 49.1 Å². The first-order valence-electron chi connectivity index (χ1n) is 9.00. The molecular formula is C21H30N2O3. The molecule has 0 atom stereocenters. The van der Waals surface area contributed by atoms with Crippen LogP contribution in [0.5, 0.6) is 5.75 Å². The number of carbonyl (C=O) groups excluding carboxylic acids is 1. The van der Waals surface area contributed by atoms with E-state index in [0.717, 1.165) is 18.7 Å². The van der Waals surface area contributed by atoms with Crippen LogP contribution in [-0.4, -0.2) is 38.0 Å². The van der Waals surface area contributed by atoms with Crippen molar-refractivity contribution in [1.29, 1.82) is 0 Å². The summed E-state index contributed by atoms with van der Waals surface area (Å²) in [6.07, 6.45) is 0.903. The zero-order chi connectivity index (χ0) is 19.2. The summed E-state index contributed by atoms with van der Waals surface area (Å²) in [7, 11) is 4.02. The number of nitrogens with zero attached hydrogens (tertiary/aromatic N) is 1. The molecule has 5 nitrogen and oxygen atoms in total. The van der Waals surface area contributed by atoms with E-state index in [4.69, 9.17) is 9.15 Å². The van der Waals surface area contributed by atoms with Crippen molar-refractivity contribution in [3.63, 3.8) is 0 Å². The van der Waals surface area contributed by atoms with Gasteiger partial charge in [0.05, 0.1) is 0 Å². The largest absolute Gasteiger partial charge is 0.486 e. The highest BCUT2D eigenvalue weighted by Crippen LogP contribution is 2.24. The van der Waals surface area contributed by atoms with Gasteiger partial charge in [-0.15, -0.1) is 0 Å². The first kappa shape index (κ1) is 20.0. The quantitative estimate of drug-likeness (QED) is 0.729. The lowest BCUT2D eigenvalue weighted by atomic mass is 9.87. The fourth-order valence-electron chi connectivity index (χ4n) is 2.47. The van der Waals surface area contributed by atoms with Crippen LogP contribution >= 0.6 is 0 Å². The van der Waals surface area contributed by atoms with Gasteiger partial charge in [0.15, 0.2) is 5.76 Å². The van der Waals surface area contributed by atoms with Gasteiger partial charge in [-0.05, 0) is 62.3 Å². The Hall–Kier alpha value is -2.27. The smallest absolute Gasteiger partial charge is 0.286 e. The van der Waals surface area contributed by atoms with Crippen molar-refractivity contribution in [3.05, 3.63) is 53.5 Å². The average Bonchev–Trinajstić information content (AvgIpc) is 3.05. The summed E-state index contributed by atoms with van der Waals surface area (Å²) in [5.41, 5.74) is 1.38. The standard InChI is InChI=1S/C21H30N2O3/c1-21(2,3)16-7-9-17(10-8-16)25-15-18-11-12-19(26-18)20(24)22-13-6-14-23(4)5/h7-12H,6,13-15H2,1-5H3,(H,22,24). The van der Waals surface area contributed by atoms with E-state index in [9.17, 15) is 4.79 Å². The Kier molecular flexibility index (Phi) is 6.86. The molecule has 0 fully saturated rings. The zero-order valence-electron chi connectivity index (χ0n) is 16.5. The van der Waals surface area contributed by atoms with E-state index < -0.39 is 0 Å². The molecule has 142 valence electrons. The van der Waals surface area contributed by atoms with Crippen molar-refractivity contribution in [2.24, 2.45) is 0 Å². The Balaban J connectivity index is 1.81. The molecule has 1 amide bonds. The third-order valence-corrected chi connectivity index (χ3v) is 4.05. The zero-order valence-corrected chi connectivity index (χ0v) is 16.5. The van der Waals surface area contributed by atoms with Crippen molar-refractivity contribution in [1.82, 2.24) is 10.2 Å². The summed E-state index contributed by atoms with van der Waals surface area (Å²) in [5.74, 6) is 1.54. The predicted octanol–water partition coefficient (Wildman–Crippen LogP) is 3.84. The van der Waals surface area contributed by atoms with Crippen LogP contribution in [-0.2, 0) is 12.0 Å². The lowest BCUT2D eigenvalue weighted by Gasteiger charge is -2.19. The van der Waals surface area contributed by atoms with E-state index in [1.807, 2.05) is 26.2 Å². The monoisotopic (exact) mass is 358 g/mol. The second-order valence-corrected chi connectivity index (χ2v) is 7.74. The predicted molar refractivity (Wildman–Crippen MR) is 104 cm³/mol. The van der Waals surface area contributed by atoms with Crippen molar-refractivity contribution in [2.45, 2.75) is 39.2 Å². The highest BCUT2D eigenvalue weighted by atomic mass is 16.5. The summed E-state index contributed by atoms with van der Waals surface area (Å²) < 4.78 is 11.3. The Morgan fingerprint density at radius 3 is 2.42 bits per heavy atom. The first-order chi connectivity index (χ1) is 12.3. The average molecular weight is 358 g/mol. The number of hydrogen-bond donors (Lipinski definition) is 1. The van der Waals surface area contributed by atoms with Gasteiger partial charge in [0.1, 0.15) is 18.1 Å². The molecule has 2 aromatic rings. The van der Waals surface area contributed by atoms with E-state index in [-0.39, 0.29) is 11.3 Å². The van der Waals surface area contributed by atoms with E-state index >= 15 is 0 Å². The molecule has 1 aromatic heterocycles. The van der Waals surface area contributed by atoms with E-state index in [0.29, 0.717) is 24.7 Å². The maximum Gasteiger partial charge on any atom is 0.286 e. The van der Waals surface area contributed by atoms with Gasteiger partial charge >= 0.3 is 0 Å². The Bertz CT molecular complexity index is 697. The molecule has 26 heavy (non-hydrogen) atoms. The molecule has 0 aliphatic heterocycles. The van der Waals surface area contributed by atoms with E-state index in [2.05, 4.69) is 43.1 Å². The van der Waals surface area contributed by atoms with Crippen LogP contribution < -0.4 is 10.1 Å². The molecule has 1 heterocycles. The third kappa shape index (κ3) is 6.23. The van der Waals surface area contributed by atoms with Crippen LogP contribution in [0.25, 0.3) is 0 Å². The molecule has 1 N–H and O–H groups in total. The van der Waals surface area contributed by atoms with Gasteiger partial charge in [-0.2, -0.15) is 0 Å². The highest BCUT2D eigenvalue weighted by Gasteiger charge is 2.14. The lowest BCUT2D eigenvalue weighted by molar-refractivity contribution is 0.0920. The number of benzene rings is 1. The van der Waals surface area contributed by atoms with Gasteiger partial charge < -0.3 is 19.4 Å². The van der Waals surface area contributed by atoms with Gasteiger partial charge in [0.2, 0.25) is 0 Å². The first-order valence-corrected chi connectivity index (χ1v) is 9.00. The molecule has 0 aliphatic carbocycles. The summed E-state index contributed by atoms with van der Waals surface area (Å²) in [4.78, 5) is 14.1. The summed E-state index contributed by atoms with van der Waals surface area (Å²) in [6.45, 7) is 8.40. The minimum atomic E-state index is -0.190. The molecule has 5 heteroatoms. The second-order valence-electron chi connectivity index (χ2n) is 7.74. The molecule has 0 bridgehead atoms. The molecule has 0 aliphatic rings. The minimum Gasteiger partial charge on any atom is -0.486 e. The van der Waals surface area contributed by atoms with Gasteiger partial charge in [0, 0.05) is 6.54 Å². The molecule has 0 saturated carbocycles.